The fourth-order valence-corrected chi connectivity index (χ4v) is 3.11. The molecule has 0 aliphatic carbocycles. The highest BCUT2D eigenvalue weighted by Crippen LogP contribution is 2.25. The molecule has 0 aliphatic heterocycles. The molecule has 7 nitrogen and oxygen atoms in total. The normalized spacial score (nSPS) is 12.1. The highest BCUT2D eigenvalue weighted by molar-refractivity contribution is 5.81. The van der Waals surface area contributed by atoms with Gasteiger partial charge in [-0.1, -0.05) is 18.2 Å². The van der Waals surface area contributed by atoms with Gasteiger partial charge in [-0.3, -0.25) is 9.59 Å². The third kappa shape index (κ3) is 5.25. The Morgan fingerprint density at radius 3 is 2.60 bits per heavy atom. The second-order valence-electron chi connectivity index (χ2n) is 6.96. The van der Waals surface area contributed by atoms with Crippen LogP contribution in [-0.2, 0) is 22.6 Å². The third-order valence-corrected chi connectivity index (χ3v) is 4.81. The van der Waals surface area contributed by atoms with E-state index in [0.717, 1.165) is 16.7 Å². The molecule has 2 aromatic carbocycles. The molecule has 1 aromatic heterocycles. The maximum atomic E-state index is 13.1. The molecule has 30 heavy (non-hydrogen) atoms. The van der Waals surface area contributed by atoms with Crippen LogP contribution < -0.4 is 21.3 Å². The van der Waals surface area contributed by atoms with E-state index in [1.807, 2.05) is 61.5 Å². The summed E-state index contributed by atoms with van der Waals surface area (Å²) in [6, 6.07) is 16.4. The number of nitrogens with one attached hydrogen (secondary N) is 1. The number of nitrogens with zero attached hydrogens (tertiary/aromatic N) is 1. The molecule has 0 bridgehead atoms. The SMILES string of the molecule is CCOCCn1c(=O)c(CNC(C)C(N)=O)cc2ccc(Oc3ccccc3)cc21. The largest absolute Gasteiger partial charge is 0.457 e. The molecule has 0 saturated carbocycles. The van der Waals surface area contributed by atoms with Gasteiger partial charge in [-0.05, 0) is 49.6 Å². The first-order valence-corrected chi connectivity index (χ1v) is 9.99. The van der Waals surface area contributed by atoms with Crippen molar-refractivity contribution in [2.75, 3.05) is 13.2 Å². The molecule has 3 rings (SSSR count). The molecule has 1 unspecified atom stereocenters. The molecule has 0 spiro atoms. The minimum atomic E-state index is -0.529. The number of hydrogen-bond acceptors (Lipinski definition) is 5. The number of ether oxygens (including phenoxy) is 2. The zero-order valence-corrected chi connectivity index (χ0v) is 17.3. The van der Waals surface area contributed by atoms with Gasteiger partial charge in [0.15, 0.2) is 0 Å². The minimum absolute atomic E-state index is 0.136. The number of primary amides is 1. The summed E-state index contributed by atoms with van der Waals surface area (Å²) in [6.07, 6.45) is 0. The second kappa shape index (κ2) is 10.0. The number of carbonyl (C=O) groups excluding carboxylic acids is 1. The summed E-state index contributed by atoms with van der Waals surface area (Å²) in [5.41, 5.74) is 6.49. The van der Waals surface area contributed by atoms with Crippen molar-refractivity contribution in [3.05, 3.63) is 70.5 Å². The first kappa shape index (κ1) is 21.5. The highest BCUT2D eigenvalue weighted by Gasteiger charge is 2.13. The predicted octanol–water partition coefficient (Wildman–Crippen LogP) is 2.79. The van der Waals surface area contributed by atoms with Gasteiger partial charge in [0.25, 0.3) is 5.56 Å². The average Bonchev–Trinajstić information content (AvgIpc) is 2.74. The topological polar surface area (TPSA) is 95.6 Å². The lowest BCUT2D eigenvalue weighted by molar-refractivity contribution is -0.119. The van der Waals surface area contributed by atoms with E-state index >= 15 is 0 Å². The van der Waals surface area contributed by atoms with E-state index in [0.29, 0.717) is 31.1 Å². The van der Waals surface area contributed by atoms with Crippen LogP contribution >= 0.6 is 0 Å². The zero-order chi connectivity index (χ0) is 21.5. The Hall–Kier alpha value is -3.16. The molecule has 0 fully saturated rings. The monoisotopic (exact) mass is 409 g/mol. The molecule has 1 amide bonds. The number of para-hydroxylation sites is 1. The molecular weight excluding hydrogens is 382 g/mol. The van der Waals surface area contributed by atoms with Gasteiger partial charge in [0.2, 0.25) is 5.91 Å². The summed E-state index contributed by atoms with van der Waals surface area (Å²) in [5.74, 6) is 0.906. The molecule has 3 aromatic rings. The van der Waals surface area contributed by atoms with Gasteiger partial charge in [-0.25, -0.2) is 0 Å². The Kier molecular flexibility index (Phi) is 7.21. The third-order valence-electron chi connectivity index (χ3n) is 4.81. The Balaban J connectivity index is 1.97. The van der Waals surface area contributed by atoms with Crippen LogP contribution in [0.25, 0.3) is 10.9 Å². The van der Waals surface area contributed by atoms with Gasteiger partial charge in [-0.15, -0.1) is 0 Å². The Bertz CT molecular complexity index is 1060. The van der Waals surface area contributed by atoms with Crippen molar-refractivity contribution < 1.29 is 14.3 Å². The number of amides is 1. The van der Waals surface area contributed by atoms with Gasteiger partial charge in [0.1, 0.15) is 11.5 Å². The minimum Gasteiger partial charge on any atom is -0.457 e. The van der Waals surface area contributed by atoms with E-state index < -0.39 is 11.9 Å². The molecule has 0 radical (unpaired) electrons. The van der Waals surface area contributed by atoms with Gasteiger partial charge < -0.3 is 25.1 Å². The lowest BCUT2D eigenvalue weighted by atomic mass is 10.1. The van der Waals surface area contributed by atoms with Crippen LogP contribution in [0.2, 0.25) is 0 Å². The molecule has 1 heterocycles. The number of carbonyl (C=O) groups is 1. The standard InChI is InChI=1S/C23H27N3O4/c1-3-29-12-11-26-21-14-20(30-19-7-5-4-6-8-19)10-9-17(21)13-18(23(26)28)15-25-16(2)22(24)27/h4-10,13-14,16,25H,3,11-12,15H2,1-2H3,(H2,24,27). The van der Waals surface area contributed by atoms with Crippen molar-refractivity contribution in [2.24, 2.45) is 5.73 Å². The Morgan fingerprint density at radius 2 is 1.90 bits per heavy atom. The summed E-state index contributed by atoms with van der Waals surface area (Å²) in [4.78, 5) is 24.4. The van der Waals surface area contributed by atoms with Gasteiger partial charge in [0, 0.05) is 31.3 Å². The van der Waals surface area contributed by atoms with Crippen LogP contribution in [0.15, 0.2) is 59.4 Å². The quantitative estimate of drug-likeness (QED) is 0.502. The first-order valence-electron chi connectivity index (χ1n) is 9.99. The average molecular weight is 409 g/mol. The van der Waals surface area contributed by atoms with Gasteiger partial charge in [0.05, 0.1) is 18.2 Å². The van der Waals surface area contributed by atoms with Crippen molar-refractivity contribution in [1.82, 2.24) is 9.88 Å². The summed E-state index contributed by atoms with van der Waals surface area (Å²) >= 11 is 0. The maximum Gasteiger partial charge on any atom is 0.255 e. The molecule has 158 valence electrons. The number of fused-ring (bicyclic) bond motifs is 1. The van der Waals surface area contributed by atoms with E-state index in [4.69, 9.17) is 15.2 Å². The smallest absolute Gasteiger partial charge is 0.255 e. The van der Waals surface area contributed by atoms with E-state index in [1.165, 1.54) is 0 Å². The van der Waals surface area contributed by atoms with Crippen molar-refractivity contribution in [3.63, 3.8) is 0 Å². The van der Waals surface area contributed by atoms with E-state index in [9.17, 15) is 9.59 Å². The van der Waals surface area contributed by atoms with E-state index in [1.54, 1.807) is 11.5 Å². The molecule has 3 N–H and O–H groups in total. The number of pyridine rings is 1. The summed E-state index contributed by atoms with van der Waals surface area (Å²) in [6.45, 7) is 5.24. The number of aromatic nitrogens is 1. The van der Waals surface area contributed by atoms with Gasteiger partial charge >= 0.3 is 0 Å². The van der Waals surface area contributed by atoms with Crippen molar-refractivity contribution in [3.8, 4) is 11.5 Å². The molecule has 0 aliphatic rings. The number of hydrogen-bond donors (Lipinski definition) is 2. The lowest BCUT2D eigenvalue weighted by Crippen LogP contribution is -2.39. The number of nitrogens with two attached hydrogens (primary N) is 1. The number of rotatable bonds is 10. The van der Waals surface area contributed by atoms with Crippen LogP contribution in [0.3, 0.4) is 0 Å². The van der Waals surface area contributed by atoms with Crippen LogP contribution in [0.1, 0.15) is 19.4 Å². The van der Waals surface area contributed by atoms with Gasteiger partial charge in [-0.2, -0.15) is 0 Å². The van der Waals surface area contributed by atoms with Crippen LogP contribution in [0.4, 0.5) is 0 Å². The summed E-state index contributed by atoms with van der Waals surface area (Å²) in [7, 11) is 0. The fourth-order valence-electron chi connectivity index (χ4n) is 3.11. The fraction of sp³-hybridized carbons (Fsp3) is 0.304. The first-order chi connectivity index (χ1) is 14.5. The van der Waals surface area contributed by atoms with Crippen LogP contribution in [-0.4, -0.2) is 29.7 Å². The highest BCUT2D eigenvalue weighted by atomic mass is 16.5. The zero-order valence-electron chi connectivity index (χ0n) is 17.3. The summed E-state index contributed by atoms with van der Waals surface area (Å²) < 4.78 is 13.1. The second-order valence-corrected chi connectivity index (χ2v) is 6.96. The van der Waals surface area contributed by atoms with Crippen LogP contribution in [0.5, 0.6) is 11.5 Å². The molecule has 0 saturated heterocycles. The Labute approximate surface area is 175 Å². The van der Waals surface area contributed by atoms with Crippen molar-refractivity contribution in [2.45, 2.75) is 33.0 Å². The van der Waals surface area contributed by atoms with Crippen LogP contribution in [0, 0.1) is 0 Å². The summed E-state index contributed by atoms with van der Waals surface area (Å²) in [5, 5.41) is 3.90. The van der Waals surface area contributed by atoms with Crippen molar-refractivity contribution >= 4 is 16.8 Å². The molecular formula is C23H27N3O4. The van der Waals surface area contributed by atoms with Crippen molar-refractivity contribution in [1.29, 1.82) is 0 Å². The van der Waals surface area contributed by atoms with E-state index in [-0.39, 0.29) is 12.1 Å². The lowest BCUT2D eigenvalue weighted by Gasteiger charge is -2.16. The maximum absolute atomic E-state index is 13.1. The molecule has 1 atom stereocenters. The number of benzene rings is 2. The predicted molar refractivity (Wildman–Crippen MR) is 117 cm³/mol. The molecule has 7 heteroatoms. The Morgan fingerprint density at radius 1 is 1.13 bits per heavy atom. The van der Waals surface area contributed by atoms with E-state index in [2.05, 4.69) is 5.32 Å².